The number of aromatic nitrogens is 8. The first-order chi connectivity index (χ1) is 26.6. The molecule has 4 unspecified atom stereocenters. The fourth-order valence-corrected chi connectivity index (χ4v) is 8.81. The van der Waals surface area contributed by atoms with Crippen molar-refractivity contribution in [3.05, 3.63) is 54.6 Å². The van der Waals surface area contributed by atoms with Crippen LogP contribution in [-0.2, 0) is 4.79 Å². The van der Waals surface area contributed by atoms with Crippen LogP contribution in [0.4, 0.5) is 11.6 Å². The van der Waals surface area contributed by atoms with Gasteiger partial charge in [-0.2, -0.15) is 15.6 Å². The molecule has 16 nitrogen and oxygen atoms in total. The number of H-pyrrole nitrogens is 2. The van der Waals surface area contributed by atoms with Gasteiger partial charge in [0.05, 0.1) is 34.1 Å². The maximum atomic E-state index is 12.3. The van der Waals surface area contributed by atoms with Crippen LogP contribution in [0.2, 0.25) is 0 Å². The lowest BCUT2D eigenvalue weighted by Crippen LogP contribution is -2.73. The first kappa shape index (κ1) is 37.4. The van der Waals surface area contributed by atoms with Crippen LogP contribution in [0.5, 0.6) is 0 Å². The molecule has 4 fully saturated rings. The number of nitrogens with one attached hydrogen (secondary N) is 3. The highest BCUT2D eigenvalue weighted by Crippen LogP contribution is 2.44. The molecular weight excluding hydrogens is 697 g/mol. The van der Waals surface area contributed by atoms with E-state index in [1.165, 1.54) is 17.5 Å². The molecule has 0 radical (unpaired) electrons. The summed E-state index contributed by atoms with van der Waals surface area (Å²) in [5, 5.41) is 26.9. The maximum Gasteiger partial charge on any atom is 0.261 e. The van der Waals surface area contributed by atoms with Gasteiger partial charge in [0, 0.05) is 62.9 Å². The van der Waals surface area contributed by atoms with Gasteiger partial charge in [0.25, 0.3) is 5.91 Å². The van der Waals surface area contributed by atoms with Crippen LogP contribution in [0, 0.1) is 48.3 Å². The first-order valence-electron chi connectivity index (χ1n) is 19.0. The third-order valence-corrected chi connectivity index (χ3v) is 11.9. The predicted molar refractivity (Wildman–Crippen MR) is 207 cm³/mol. The largest absolute Gasteiger partial charge is 0.354 e. The van der Waals surface area contributed by atoms with E-state index in [0.29, 0.717) is 11.5 Å². The average molecular weight is 745 g/mol. The Morgan fingerprint density at radius 3 is 1.96 bits per heavy atom. The lowest BCUT2D eigenvalue weighted by Gasteiger charge is -2.61. The first-order valence-corrected chi connectivity index (χ1v) is 19.0. The van der Waals surface area contributed by atoms with Gasteiger partial charge in [0.2, 0.25) is 5.91 Å². The monoisotopic (exact) mass is 744 g/mol. The molecule has 9 rings (SSSR count). The number of aryl methyl sites for hydroxylation is 2. The van der Waals surface area contributed by atoms with Crippen molar-refractivity contribution in [2.24, 2.45) is 11.8 Å². The van der Waals surface area contributed by atoms with Crippen LogP contribution in [0.15, 0.2) is 43.2 Å². The molecule has 9 heterocycles. The third-order valence-electron chi connectivity index (χ3n) is 11.9. The van der Waals surface area contributed by atoms with Crippen molar-refractivity contribution in [2.45, 2.75) is 77.3 Å². The molecular formula is C39H48N14O2. The number of anilines is 2. The van der Waals surface area contributed by atoms with Gasteiger partial charge >= 0.3 is 0 Å². The zero-order chi connectivity index (χ0) is 38.7. The molecule has 5 aromatic heterocycles. The summed E-state index contributed by atoms with van der Waals surface area (Å²) in [6.07, 6.45) is 11.4. The van der Waals surface area contributed by atoms with Gasteiger partial charge in [0.15, 0.2) is 0 Å². The van der Waals surface area contributed by atoms with Gasteiger partial charge in [-0.15, -0.1) is 0 Å². The number of hydrogen-bond donors (Lipinski definition) is 3. The molecule has 16 heteroatoms. The van der Waals surface area contributed by atoms with Crippen LogP contribution in [0.25, 0.3) is 22.1 Å². The quantitative estimate of drug-likeness (QED) is 0.236. The SMILES string of the molecule is CC1CN(C(=O)CC#N)C12CCCN(c1ncnc3[nH]ccc13)C2.CC1CNC12CCCN(c1ncnc3[nH]ccc13)C2.Cc1cc(C)n(C(=O)CC#N)n1. The second kappa shape index (κ2) is 15.5. The molecule has 4 atom stereocenters. The summed E-state index contributed by atoms with van der Waals surface area (Å²) < 4.78 is 1.26. The lowest BCUT2D eigenvalue weighted by molar-refractivity contribution is -0.156. The van der Waals surface area contributed by atoms with Crippen molar-refractivity contribution in [2.75, 3.05) is 49.1 Å². The normalized spacial score (nSPS) is 24.2. The maximum absolute atomic E-state index is 12.3. The van der Waals surface area contributed by atoms with Gasteiger partial charge in [-0.25, -0.2) is 24.6 Å². The highest BCUT2D eigenvalue weighted by Gasteiger charge is 2.55. The Labute approximate surface area is 319 Å². The van der Waals surface area contributed by atoms with Gasteiger partial charge < -0.3 is 30.0 Å². The van der Waals surface area contributed by atoms with E-state index in [4.69, 9.17) is 10.5 Å². The molecule has 2 spiro atoms. The van der Waals surface area contributed by atoms with E-state index in [1.807, 2.05) is 36.4 Å². The second-order valence-electron chi connectivity index (χ2n) is 15.3. The Kier molecular flexibility index (Phi) is 10.5. The van der Waals surface area contributed by atoms with E-state index >= 15 is 0 Å². The Balaban J connectivity index is 0.000000134. The minimum atomic E-state index is -0.275. The van der Waals surface area contributed by atoms with Crippen molar-refractivity contribution >= 4 is 45.5 Å². The van der Waals surface area contributed by atoms with Crippen molar-refractivity contribution in [3.8, 4) is 12.1 Å². The Bertz CT molecular complexity index is 2260. The summed E-state index contributed by atoms with van der Waals surface area (Å²) in [6, 6.07) is 9.65. The zero-order valence-electron chi connectivity index (χ0n) is 31.9. The molecule has 0 saturated carbocycles. The standard InChI is InChI=1S/C17H20N6O.C14H19N5.C8H9N3O/c1-12-9-23(14(24)3-6-18)17(12)5-2-8-22(10-17)16-13-4-7-19-15(13)20-11-21-16;1-10-7-18-14(10)4-2-6-19(8-14)13-11-3-5-15-12(11)16-9-17-13;1-6-5-7(2)11(10-6)8(12)3-4-9/h4,7,11-12H,2-3,5,8-10H2,1H3,(H,19,20,21);3,5,9-10,18H,2,4,6-8H2,1H3,(H,15,16,17);5H,3H2,1-2H3. The van der Waals surface area contributed by atoms with Crippen LogP contribution in [0.3, 0.4) is 0 Å². The number of carbonyl (C=O) groups excluding carboxylic acids is 2. The smallest absolute Gasteiger partial charge is 0.261 e. The zero-order valence-corrected chi connectivity index (χ0v) is 31.9. The van der Waals surface area contributed by atoms with Crippen LogP contribution in [-0.4, -0.2) is 107 Å². The van der Waals surface area contributed by atoms with Gasteiger partial charge in [0.1, 0.15) is 48.4 Å². The molecule has 3 N–H and O–H groups in total. The van der Waals surface area contributed by atoms with Crippen LogP contribution < -0.4 is 15.1 Å². The Morgan fingerprint density at radius 1 is 0.836 bits per heavy atom. The molecule has 5 aromatic rings. The van der Waals surface area contributed by atoms with Crippen LogP contribution >= 0.6 is 0 Å². The summed E-state index contributed by atoms with van der Waals surface area (Å²) in [4.78, 5) is 53.9. The molecule has 0 bridgehead atoms. The summed E-state index contributed by atoms with van der Waals surface area (Å²) in [6.45, 7) is 13.9. The molecule has 4 saturated heterocycles. The number of fused-ring (bicyclic) bond motifs is 2. The number of amides is 1. The molecule has 4 aliphatic heterocycles. The topological polar surface area (TPSA) is 204 Å². The summed E-state index contributed by atoms with van der Waals surface area (Å²) in [5.41, 5.74) is 3.47. The molecule has 4 aliphatic rings. The molecule has 286 valence electrons. The predicted octanol–water partition coefficient (Wildman–Crippen LogP) is 4.28. The van der Waals surface area contributed by atoms with Gasteiger partial charge in [-0.05, 0) is 69.6 Å². The van der Waals surface area contributed by atoms with E-state index < -0.39 is 0 Å². The fraction of sp³-hybridized carbons (Fsp3) is 0.513. The third kappa shape index (κ3) is 7.10. The fourth-order valence-electron chi connectivity index (χ4n) is 8.81. The lowest BCUT2D eigenvalue weighted by atomic mass is 9.69. The van der Waals surface area contributed by atoms with Crippen LogP contribution in [0.1, 0.15) is 68.6 Å². The summed E-state index contributed by atoms with van der Waals surface area (Å²) >= 11 is 0. The van der Waals surface area contributed by atoms with E-state index in [9.17, 15) is 9.59 Å². The van der Waals surface area contributed by atoms with Crippen molar-refractivity contribution < 1.29 is 9.59 Å². The minimum absolute atomic E-state index is 0.0377. The number of nitrogens with zero attached hydrogens (tertiary/aromatic N) is 11. The molecule has 0 aliphatic carbocycles. The van der Waals surface area contributed by atoms with Gasteiger partial charge in [-0.1, -0.05) is 13.8 Å². The number of rotatable bonds is 4. The minimum Gasteiger partial charge on any atom is -0.354 e. The molecule has 0 aromatic carbocycles. The van der Waals surface area contributed by atoms with E-state index in [2.05, 4.69) is 70.0 Å². The molecule has 1 amide bonds. The van der Waals surface area contributed by atoms with Crippen molar-refractivity contribution in [1.29, 1.82) is 10.5 Å². The second-order valence-corrected chi connectivity index (χ2v) is 15.3. The number of aromatic amines is 2. The summed E-state index contributed by atoms with van der Waals surface area (Å²) in [5.74, 6) is 2.87. The number of nitriles is 2. The van der Waals surface area contributed by atoms with E-state index in [0.717, 1.165) is 103 Å². The number of likely N-dealkylation sites (tertiary alicyclic amines) is 1. The molecule has 55 heavy (non-hydrogen) atoms. The average Bonchev–Trinajstić information content (AvgIpc) is 3.97. The highest BCUT2D eigenvalue weighted by molar-refractivity contribution is 5.88. The van der Waals surface area contributed by atoms with Crippen molar-refractivity contribution in [1.82, 2.24) is 49.9 Å². The Morgan fingerprint density at radius 2 is 1.44 bits per heavy atom. The summed E-state index contributed by atoms with van der Waals surface area (Å²) in [7, 11) is 0. The van der Waals surface area contributed by atoms with E-state index in [1.54, 1.807) is 31.7 Å². The van der Waals surface area contributed by atoms with E-state index in [-0.39, 0.29) is 30.2 Å². The Hall–Kier alpha value is -5.87. The van der Waals surface area contributed by atoms with Crippen molar-refractivity contribution in [3.63, 3.8) is 0 Å². The number of piperidine rings is 2. The van der Waals surface area contributed by atoms with Gasteiger partial charge in [-0.3, -0.25) is 9.59 Å². The highest BCUT2D eigenvalue weighted by atomic mass is 16.2. The number of carbonyl (C=O) groups is 2. The number of hydrogen-bond acceptors (Lipinski definition) is 12.